The number of nitrogens with one attached hydrogen (secondary N) is 1. The number of amides is 1. The van der Waals surface area contributed by atoms with Gasteiger partial charge in [-0.05, 0) is 36.3 Å². The first-order chi connectivity index (χ1) is 8.29. The van der Waals surface area contributed by atoms with Crippen LogP contribution in [0.4, 0.5) is 0 Å². The number of hydrogen-bond donors (Lipinski definition) is 1. The lowest BCUT2D eigenvalue weighted by atomic mass is 10.1. The van der Waals surface area contributed by atoms with E-state index in [2.05, 4.69) is 11.4 Å². The van der Waals surface area contributed by atoms with Gasteiger partial charge in [0.25, 0.3) is 0 Å². The van der Waals surface area contributed by atoms with E-state index in [1.54, 1.807) is 23.9 Å². The van der Waals surface area contributed by atoms with Gasteiger partial charge in [-0.3, -0.25) is 4.79 Å². The summed E-state index contributed by atoms with van der Waals surface area (Å²) in [4.78, 5) is 11.8. The van der Waals surface area contributed by atoms with Gasteiger partial charge < -0.3 is 5.32 Å². The molecule has 0 spiro atoms. The Hall–Kier alpha value is -1.47. The second-order valence-corrected chi connectivity index (χ2v) is 5.34. The normalized spacial score (nSPS) is 18.6. The molecule has 0 radical (unpaired) electrons. The molecule has 1 aromatic carbocycles. The Morgan fingerprint density at radius 2 is 2.24 bits per heavy atom. The molecule has 0 aromatic heterocycles. The molecule has 88 valence electrons. The maximum Gasteiger partial charge on any atom is 0.233 e. The van der Waals surface area contributed by atoms with Crippen LogP contribution in [-0.2, 0) is 11.3 Å². The van der Waals surface area contributed by atoms with E-state index >= 15 is 0 Å². The van der Waals surface area contributed by atoms with Crippen LogP contribution in [0.3, 0.4) is 0 Å². The van der Waals surface area contributed by atoms with Gasteiger partial charge in [0.2, 0.25) is 5.91 Å². The van der Waals surface area contributed by atoms with E-state index in [0.29, 0.717) is 12.1 Å². The fourth-order valence-corrected chi connectivity index (χ4v) is 2.97. The van der Waals surface area contributed by atoms with Crippen molar-refractivity contribution < 1.29 is 4.79 Å². The molecule has 4 heteroatoms. The third-order valence-electron chi connectivity index (χ3n) is 2.77. The highest BCUT2D eigenvalue weighted by atomic mass is 32.2. The number of carbonyl (C=O) groups excluding carboxylic acids is 1. The molecule has 1 aliphatic rings. The molecule has 1 aliphatic heterocycles. The first kappa shape index (κ1) is 12.0. The number of nitrogens with zero attached hydrogens (tertiary/aromatic N) is 1. The fraction of sp³-hybridized carbons (Fsp3) is 0.385. The zero-order chi connectivity index (χ0) is 12.1. The van der Waals surface area contributed by atoms with Crippen molar-refractivity contribution in [3.8, 4) is 6.07 Å². The van der Waals surface area contributed by atoms with Crippen molar-refractivity contribution in [2.75, 3.05) is 5.75 Å². The molecule has 1 aromatic rings. The lowest BCUT2D eigenvalue weighted by molar-refractivity contribution is -0.120. The van der Waals surface area contributed by atoms with Crippen molar-refractivity contribution in [1.82, 2.24) is 5.32 Å². The Morgan fingerprint density at radius 3 is 2.82 bits per heavy atom. The Kier molecular flexibility index (Phi) is 4.05. The molecule has 1 heterocycles. The van der Waals surface area contributed by atoms with Crippen molar-refractivity contribution >= 4 is 17.7 Å². The second-order valence-electron chi connectivity index (χ2n) is 4.03. The van der Waals surface area contributed by atoms with Crippen molar-refractivity contribution in [2.24, 2.45) is 0 Å². The van der Waals surface area contributed by atoms with Gasteiger partial charge in [-0.1, -0.05) is 12.1 Å². The maximum atomic E-state index is 11.8. The smallest absolute Gasteiger partial charge is 0.233 e. The summed E-state index contributed by atoms with van der Waals surface area (Å²) in [6.45, 7) is 0.543. The average molecular weight is 246 g/mol. The molecule has 0 aliphatic carbocycles. The molecule has 1 N–H and O–H groups in total. The molecule has 17 heavy (non-hydrogen) atoms. The molecular weight excluding hydrogens is 232 g/mol. The standard InChI is InChI=1S/C13H14N2OS/c14-8-10-3-5-11(6-4-10)9-15-13(16)12-2-1-7-17-12/h3-6,12H,1-2,7,9H2,(H,15,16). The first-order valence-electron chi connectivity index (χ1n) is 5.68. The molecule has 0 bridgehead atoms. The highest BCUT2D eigenvalue weighted by molar-refractivity contribution is 8.00. The molecule has 1 unspecified atom stereocenters. The van der Waals surface area contributed by atoms with E-state index in [-0.39, 0.29) is 11.2 Å². The summed E-state index contributed by atoms with van der Waals surface area (Å²) in [5.41, 5.74) is 1.67. The van der Waals surface area contributed by atoms with Crippen LogP contribution in [0.1, 0.15) is 24.0 Å². The van der Waals surface area contributed by atoms with Gasteiger partial charge in [0.15, 0.2) is 0 Å². The maximum absolute atomic E-state index is 11.8. The Labute approximate surface area is 105 Å². The number of hydrogen-bond acceptors (Lipinski definition) is 3. The number of benzene rings is 1. The number of carbonyl (C=O) groups is 1. The van der Waals surface area contributed by atoms with E-state index in [4.69, 9.17) is 5.26 Å². The number of thioether (sulfide) groups is 1. The summed E-state index contributed by atoms with van der Waals surface area (Å²) in [5.74, 6) is 1.23. The highest BCUT2D eigenvalue weighted by Crippen LogP contribution is 2.26. The predicted octanol–water partition coefficient (Wildman–Crippen LogP) is 2.07. The SMILES string of the molecule is N#Cc1ccc(CNC(=O)C2CCCS2)cc1. The molecule has 1 saturated heterocycles. The topological polar surface area (TPSA) is 52.9 Å². The van der Waals surface area contributed by atoms with E-state index in [0.717, 1.165) is 24.2 Å². The van der Waals surface area contributed by atoms with E-state index in [1.165, 1.54) is 0 Å². The minimum Gasteiger partial charge on any atom is -0.351 e. The van der Waals surface area contributed by atoms with Crippen LogP contribution in [0.5, 0.6) is 0 Å². The van der Waals surface area contributed by atoms with Gasteiger partial charge in [-0.2, -0.15) is 5.26 Å². The van der Waals surface area contributed by atoms with Crippen molar-refractivity contribution in [2.45, 2.75) is 24.6 Å². The largest absolute Gasteiger partial charge is 0.351 e. The van der Waals surface area contributed by atoms with Gasteiger partial charge in [-0.15, -0.1) is 11.8 Å². The monoisotopic (exact) mass is 246 g/mol. The Morgan fingerprint density at radius 1 is 1.47 bits per heavy atom. The molecule has 0 saturated carbocycles. The van der Waals surface area contributed by atoms with Gasteiger partial charge >= 0.3 is 0 Å². The van der Waals surface area contributed by atoms with Gasteiger partial charge in [0.05, 0.1) is 16.9 Å². The highest BCUT2D eigenvalue weighted by Gasteiger charge is 2.22. The summed E-state index contributed by atoms with van der Waals surface area (Å²) in [6, 6.07) is 9.36. The van der Waals surface area contributed by atoms with Crippen molar-refractivity contribution in [3.63, 3.8) is 0 Å². The second kappa shape index (κ2) is 5.74. The molecule has 3 nitrogen and oxygen atoms in total. The fourth-order valence-electron chi connectivity index (χ4n) is 1.78. The quantitative estimate of drug-likeness (QED) is 0.888. The van der Waals surface area contributed by atoms with Crippen LogP contribution in [0.2, 0.25) is 0 Å². The summed E-state index contributed by atoms with van der Waals surface area (Å²) in [6.07, 6.45) is 2.13. The lowest BCUT2D eigenvalue weighted by Gasteiger charge is -2.09. The molecule has 1 fully saturated rings. The van der Waals surface area contributed by atoms with Crippen LogP contribution in [-0.4, -0.2) is 16.9 Å². The summed E-state index contributed by atoms with van der Waals surface area (Å²) in [5, 5.41) is 11.7. The lowest BCUT2D eigenvalue weighted by Crippen LogP contribution is -2.30. The number of rotatable bonds is 3. The van der Waals surface area contributed by atoms with E-state index in [1.807, 2.05) is 12.1 Å². The van der Waals surface area contributed by atoms with Crippen LogP contribution < -0.4 is 5.32 Å². The third kappa shape index (κ3) is 3.24. The molecule has 2 rings (SSSR count). The van der Waals surface area contributed by atoms with Crippen molar-refractivity contribution in [3.05, 3.63) is 35.4 Å². The van der Waals surface area contributed by atoms with Crippen LogP contribution in [0.15, 0.2) is 24.3 Å². The predicted molar refractivity (Wildman–Crippen MR) is 68.5 cm³/mol. The zero-order valence-electron chi connectivity index (χ0n) is 9.48. The zero-order valence-corrected chi connectivity index (χ0v) is 10.3. The van der Waals surface area contributed by atoms with E-state index in [9.17, 15) is 4.79 Å². The third-order valence-corrected chi connectivity index (χ3v) is 4.15. The van der Waals surface area contributed by atoms with Crippen molar-refractivity contribution in [1.29, 1.82) is 5.26 Å². The average Bonchev–Trinajstić information content (AvgIpc) is 2.90. The van der Waals surface area contributed by atoms with Crippen LogP contribution >= 0.6 is 11.8 Å². The minimum atomic E-state index is 0.133. The molecule has 1 amide bonds. The van der Waals surface area contributed by atoms with Gasteiger partial charge in [-0.25, -0.2) is 0 Å². The Bertz CT molecular complexity index is 430. The van der Waals surface area contributed by atoms with E-state index < -0.39 is 0 Å². The van der Waals surface area contributed by atoms with Crippen LogP contribution in [0.25, 0.3) is 0 Å². The Balaban J connectivity index is 1.84. The number of nitriles is 1. The first-order valence-corrected chi connectivity index (χ1v) is 6.73. The minimum absolute atomic E-state index is 0.133. The van der Waals surface area contributed by atoms with Gasteiger partial charge in [0, 0.05) is 6.54 Å². The van der Waals surface area contributed by atoms with Crippen LogP contribution in [0, 0.1) is 11.3 Å². The summed E-state index contributed by atoms with van der Waals surface area (Å²) >= 11 is 1.74. The summed E-state index contributed by atoms with van der Waals surface area (Å²) in [7, 11) is 0. The summed E-state index contributed by atoms with van der Waals surface area (Å²) < 4.78 is 0. The molecular formula is C13H14N2OS. The van der Waals surface area contributed by atoms with Gasteiger partial charge in [0.1, 0.15) is 0 Å². The molecule has 1 atom stereocenters.